The molecule has 0 aromatic carbocycles. The van der Waals surface area contributed by atoms with Crippen molar-refractivity contribution in [3.8, 4) is 0 Å². The van der Waals surface area contributed by atoms with Crippen molar-refractivity contribution in [2.45, 2.75) is 38.6 Å². The van der Waals surface area contributed by atoms with Gasteiger partial charge in [0.05, 0.1) is 19.1 Å². The van der Waals surface area contributed by atoms with Crippen molar-refractivity contribution >= 4 is 0 Å². The Hall–Kier alpha value is -0.330. The number of ether oxygens (including phenoxy) is 1. The third kappa shape index (κ3) is 6.24. The van der Waals surface area contributed by atoms with Crippen molar-refractivity contribution in [1.82, 2.24) is 10.2 Å². The van der Waals surface area contributed by atoms with E-state index < -0.39 is 12.6 Å². The van der Waals surface area contributed by atoms with Crippen molar-refractivity contribution in [3.05, 3.63) is 0 Å². The summed E-state index contributed by atoms with van der Waals surface area (Å²) in [6.07, 6.45) is -4.86. The lowest BCUT2D eigenvalue weighted by Gasteiger charge is -2.35. The molecule has 0 bridgehead atoms. The van der Waals surface area contributed by atoms with Crippen LogP contribution < -0.4 is 5.32 Å². The maximum atomic E-state index is 11.9. The van der Waals surface area contributed by atoms with Gasteiger partial charge in [-0.2, -0.15) is 13.2 Å². The van der Waals surface area contributed by atoms with Gasteiger partial charge in [0.2, 0.25) is 0 Å². The van der Waals surface area contributed by atoms with Crippen molar-refractivity contribution in [3.63, 3.8) is 0 Å². The SMILES string of the molecule is CC(C)N1CCOC(CNCCC(F)(F)F)C1. The minimum absolute atomic E-state index is 0.000571. The van der Waals surface area contributed by atoms with Crippen LogP contribution in [0, 0.1) is 0 Å². The van der Waals surface area contributed by atoms with Crippen molar-refractivity contribution in [1.29, 1.82) is 0 Å². The van der Waals surface area contributed by atoms with E-state index in [1.165, 1.54) is 0 Å². The van der Waals surface area contributed by atoms with Crippen LogP contribution >= 0.6 is 0 Å². The Morgan fingerprint density at radius 1 is 1.41 bits per heavy atom. The average Bonchev–Trinajstić information content (AvgIpc) is 2.23. The number of morpholine rings is 1. The Morgan fingerprint density at radius 3 is 2.71 bits per heavy atom. The van der Waals surface area contributed by atoms with Gasteiger partial charge in [0.25, 0.3) is 0 Å². The van der Waals surface area contributed by atoms with Crippen LogP contribution in [0.15, 0.2) is 0 Å². The predicted molar refractivity (Wildman–Crippen MR) is 60.0 cm³/mol. The fourth-order valence-electron chi connectivity index (χ4n) is 1.83. The van der Waals surface area contributed by atoms with Gasteiger partial charge < -0.3 is 10.1 Å². The van der Waals surface area contributed by atoms with E-state index in [4.69, 9.17) is 4.74 Å². The molecular weight excluding hydrogens is 233 g/mol. The van der Waals surface area contributed by atoms with Crippen LogP contribution in [0.5, 0.6) is 0 Å². The molecule has 1 rings (SSSR count). The molecule has 0 amide bonds. The Balaban J connectivity index is 2.15. The average molecular weight is 254 g/mol. The third-order valence-electron chi connectivity index (χ3n) is 2.86. The zero-order valence-electron chi connectivity index (χ0n) is 10.4. The van der Waals surface area contributed by atoms with Crippen molar-refractivity contribution < 1.29 is 17.9 Å². The molecule has 1 atom stereocenters. The van der Waals surface area contributed by atoms with Crippen LogP contribution in [-0.2, 0) is 4.74 Å². The highest BCUT2D eigenvalue weighted by Crippen LogP contribution is 2.18. The molecule has 0 aromatic rings. The molecule has 0 spiro atoms. The fourth-order valence-corrected chi connectivity index (χ4v) is 1.83. The number of nitrogens with one attached hydrogen (secondary N) is 1. The molecule has 1 heterocycles. The summed E-state index contributed by atoms with van der Waals surface area (Å²) in [5.41, 5.74) is 0. The van der Waals surface area contributed by atoms with E-state index in [-0.39, 0.29) is 12.6 Å². The van der Waals surface area contributed by atoms with Crippen LogP contribution in [-0.4, -0.2) is 56.0 Å². The highest BCUT2D eigenvalue weighted by atomic mass is 19.4. The molecule has 1 N–H and O–H groups in total. The van der Waals surface area contributed by atoms with Gasteiger partial charge in [-0.05, 0) is 13.8 Å². The molecule has 0 aliphatic carbocycles. The minimum atomic E-state index is -4.08. The molecule has 0 saturated carbocycles. The van der Waals surface area contributed by atoms with Gasteiger partial charge in [-0.15, -0.1) is 0 Å². The molecule has 102 valence electrons. The molecular formula is C11H21F3N2O. The lowest BCUT2D eigenvalue weighted by Crippen LogP contribution is -2.49. The van der Waals surface area contributed by atoms with Crippen molar-refractivity contribution in [2.24, 2.45) is 0 Å². The Morgan fingerprint density at radius 2 is 2.12 bits per heavy atom. The van der Waals surface area contributed by atoms with E-state index in [1.54, 1.807) is 0 Å². The van der Waals surface area contributed by atoms with Crippen LogP contribution in [0.3, 0.4) is 0 Å². The van der Waals surface area contributed by atoms with Gasteiger partial charge in [0, 0.05) is 32.2 Å². The fraction of sp³-hybridized carbons (Fsp3) is 1.00. The standard InChI is InChI=1S/C11H21F3N2O/c1-9(2)16-5-6-17-10(8-16)7-15-4-3-11(12,13)14/h9-10,15H,3-8H2,1-2H3. The van der Waals surface area contributed by atoms with Crippen molar-refractivity contribution in [2.75, 3.05) is 32.8 Å². The summed E-state index contributed by atoms with van der Waals surface area (Å²) in [5.74, 6) is 0. The number of halogens is 3. The number of hydrogen-bond acceptors (Lipinski definition) is 3. The van der Waals surface area contributed by atoms with E-state index in [1.807, 2.05) is 0 Å². The third-order valence-corrected chi connectivity index (χ3v) is 2.86. The van der Waals surface area contributed by atoms with Crippen LogP contribution in [0.1, 0.15) is 20.3 Å². The lowest BCUT2D eigenvalue weighted by molar-refractivity contribution is -0.133. The zero-order valence-corrected chi connectivity index (χ0v) is 10.4. The first-order valence-electron chi connectivity index (χ1n) is 6.01. The summed E-state index contributed by atoms with van der Waals surface area (Å²) in [6, 6.07) is 0.455. The molecule has 6 heteroatoms. The minimum Gasteiger partial charge on any atom is -0.374 e. The smallest absolute Gasteiger partial charge is 0.374 e. The molecule has 1 aliphatic rings. The van der Waals surface area contributed by atoms with Gasteiger partial charge in [0.1, 0.15) is 0 Å². The second kappa shape index (κ2) is 6.56. The molecule has 1 unspecified atom stereocenters. The molecule has 1 saturated heterocycles. The molecule has 3 nitrogen and oxygen atoms in total. The van der Waals surface area contributed by atoms with Gasteiger partial charge in [-0.3, -0.25) is 4.90 Å². The van der Waals surface area contributed by atoms with Crippen LogP contribution in [0.4, 0.5) is 13.2 Å². The van der Waals surface area contributed by atoms with E-state index >= 15 is 0 Å². The Bertz CT molecular complexity index is 221. The lowest BCUT2D eigenvalue weighted by atomic mass is 10.2. The molecule has 1 aliphatic heterocycles. The van der Waals surface area contributed by atoms with E-state index in [0.717, 1.165) is 13.1 Å². The van der Waals surface area contributed by atoms with Gasteiger partial charge in [-0.25, -0.2) is 0 Å². The molecule has 17 heavy (non-hydrogen) atoms. The second-order valence-electron chi connectivity index (χ2n) is 4.65. The number of nitrogens with zero attached hydrogens (tertiary/aromatic N) is 1. The first-order chi connectivity index (χ1) is 7.88. The summed E-state index contributed by atoms with van der Waals surface area (Å²) in [6.45, 7) is 7.01. The topological polar surface area (TPSA) is 24.5 Å². The van der Waals surface area contributed by atoms with Crippen LogP contribution in [0.2, 0.25) is 0 Å². The summed E-state index contributed by atoms with van der Waals surface area (Å²) in [7, 11) is 0. The summed E-state index contributed by atoms with van der Waals surface area (Å²) in [5, 5.41) is 2.80. The Kier molecular flexibility index (Phi) is 5.69. The highest BCUT2D eigenvalue weighted by Gasteiger charge is 2.27. The zero-order chi connectivity index (χ0) is 12.9. The summed E-state index contributed by atoms with van der Waals surface area (Å²) >= 11 is 0. The predicted octanol–water partition coefficient (Wildman–Crippen LogP) is 1.64. The van der Waals surface area contributed by atoms with Gasteiger partial charge in [0.15, 0.2) is 0 Å². The van der Waals surface area contributed by atoms with Gasteiger partial charge in [-0.1, -0.05) is 0 Å². The quantitative estimate of drug-likeness (QED) is 0.755. The second-order valence-corrected chi connectivity index (χ2v) is 4.65. The largest absolute Gasteiger partial charge is 0.390 e. The number of rotatable bonds is 5. The maximum absolute atomic E-state index is 11.9. The van der Waals surface area contributed by atoms with E-state index in [9.17, 15) is 13.2 Å². The molecule has 0 aromatic heterocycles. The summed E-state index contributed by atoms with van der Waals surface area (Å²) < 4.78 is 41.2. The maximum Gasteiger partial charge on any atom is 0.390 e. The summed E-state index contributed by atoms with van der Waals surface area (Å²) in [4.78, 5) is 2.28. The van der Waals surface area contributed by atoms with Gasteiger partial charge >= 0.3 is 6.18 Å². The highest BCUT2D eigenvalue weighted by molar-refractivity contribution is 4.75. The Labute approximate surface area is 100 Å². The first kappa shape index (κ1) is 14.7. The van der Waals surface area contributed by atoms with E-state index in [2.05, 4.69) is 24.1 Å². The van der Waals surface area contributed by atoms with Crippen LogP contribution in [0.25, 0.3) is 0 Å². The molecule has 0 radical (unpaired) electrons. The van der Waals surface area contributed by atoms with E-state index in [0.29, 0.717) is 19.2 Å². The number of hydrogen-bond donors (Lipinski definition) is 1. The monoisotopic (exact) mass is 254 g/mol. The normalized spacial score (nSPS) is 23.3. The number of alkyl halides is 3. The molecule has 1 fully saturated rings. The first-order valence-corrected chi connectivity index (χ1v) is 6.01.